The number of sulfone groups is 1. The van der Waals surface area contributed by atoms with Crippen LogP contribution in [-0.4, -0.2) is 45.7 Å². The third kappa shape index (κ3) is 8.06. The smallest absolute Gasteiger partial charge is 0.255 e. The molecule has 0 saturated heterocycles. The van der Waals surface area contributed by atoms with Crippen molar-refractivity contribution in [1.82, 2.24) is 25.6 Å². The Morgan fingerprint density at radius 1 is 1.09 bits per heavy atom. The molecule has 236 valence electrons. The fourth-order valence-electron chi connectivity index (χ4n) is 4.98. The second kappa shape index (κ2) is 14.4. The molecule has 2 N–H and O–H groups in total. The Morgan fingerprint density at radius 3 is 2.70 bits per heavy atom. The van der Waals surface area contributed by atoms with Crippen molar-refractivity contribution in [2.24, 2.45) is 0 Å². The molecule has 3 aromatic carbocycles. The number of rotatable bonds is 13. The highest BCUT2D eigenvalue weighted by Gasteiger charge is 2.21. The summed E-state index contributed by atoms with van der Waals surface area (Å²) in [5.41, 5.74) is 3.81. The molecule has 2 aromatic heterocycles. The fourth-order valence-corrected chi connectivity index (χ4v) is 7.21. The van der Waals surface area contributed by atoms with Crippen LogP contribution in [0.25, 0.3) is 12.2 Å². The molecule has 0 aliphatic heterocycles. The Hall–Kier alpha value is -4.39. The van der Waals surface area contributed by atoms with E-state index in [1.807, 2.05) is 36.4 Å². The van der Waals surface area contributed by atoms with E-state index < -0.39 is 9.84 Å². The van der Waals surface area contributed by atoms with Crippen molar-refractivity contribution >= 4 is 56.5 Å². The Labute approximate surface area is 275 Å². The lowest BCUT2D eigenvalue weighted by atomic mass is 9.83. The molecule has 0 bridgehead atoms. The van der Waals surface area contributed by atoms with E-state index in [0.29, 0.717) is 46.6 Å². The maximum absolute atomic E-state index is 13.5. The zero-order valence-corrected chi connectivity index (χ0v) is 27.1. The molecule has 0 atom stereocenters. The molecule has 1 aliphatic carbocycles. The van der Waals surface area contributed by atoms with E-state index in [1.54, 1.807) is 41.7 Å². The van der Waals surface area contributed by atoms with E-state index in [4.69, 9.17) is 21.3 Å². The molecular weight excluding hydrogens is 644 g/mol. The van der Waals surface area contributed by atoms with Crippen LogP contribution < -0.4 is 10.1 Å². The number of nitrogens with zero attached hydrogens (tertiary/aromatic N) is 4. The van der Waals surface area contributed by atoms with Crippen molar-refractivity contribution in [3.63, 3.8) is 0 Å². The number of hydrogen-bond donors (Lipinski definition) is 2. The Morgan fingerprint density at radius 2 is 1.93 bits per heavy atom. The van der Waals surface area contributed by atoms with Gasteiger partial charge < -0.3 is 10.1 Å². The number of carbonyl (C=O) groups excluding carboxylic acids is 1. The molecule has 46 heavy (non-hydrogen) atoms. The summed E-state index contributed by atoms with van der Waals surface area (Å²) in [4.78, 5) is 18.4. The molecule has 1 saturated carbocycles. The Bertz CT molecular complexity index is 1940. The minimum absolute atomic E-state index is 0.0315. The first kappa shape index (κ1) is 31.6. The van der Waals surface area contributed by atoms with E-state index in [-0.39, 0.29) is 23.2 Å². The lowest BCUT2D eigenvalue weighted by molar-refractivity contribution is 0.102. The number of hydrogen-bond acceptors (Lipinski definition) is 9. The van der Waals surface area contributed by atoms with E-state index >= 15 is 0 Å². The second-order valence-corrected chi connectivity index (χ2v) is 14.4. The number of tetrazole rings is 1. The van der Waals surface area contributed by atoms with Gasteiger partial charge in [-0.2, -0.15) is 0 Å². The molecule has 10 nitrogen and oxygen atoms in total. The van der Waals surface area contributed by atoms with E-state index in [2.05, 4.69) is 31.3 Å². The number of nitrogens with one attached hydrogen (secondary N) is 2. The molecule has 0 radical (unpaired) electrons. The third-order valence-corrected chi connectivity index (χ3v) is 10.6. The van der Waals surface area contributed by atoms with Crippen LogP contribution in [0.1, 0.15) is 69.6 Å². The van der Waals surface area contributed by atoms with Crippen LogP contribution >= 0.6 is 22.9 Å². The van der Waals surface area contributed by atoms with E-state index in [9.17, 15) is 13.2 Å². The predicted molar refractivity (Wildman–Crippen MR) is 179 cm³/mol. The average molecular weight is 675 g/mol. The molecule has 2 heterocycles. The molecule has 13 heteroatoms. The van der Waals surface area contributed by atoms with Crippen molar-refractivity contribution in [2.45, 2.75) is 49.5 Å². The summed E-state index contributed by atoms with van der Waals surface area (Å²) in [5.74, 6) is 1.09. The molecular formula is C33H31ClN6O4S2. The van der Waals surface area contributed by atoms with Gasteiger partial charge in [-0.05, 0) is 102 Å². The van der Waals surface area contributed by atoms with Gasteiger partial charge >= 0.3 is 0 Å². The second-order valence-electron chi connectivity index (χ2n) is 11.0. The molecule has 1 aliphatic rings. The summed E-state index contributed by atoms with van der Waals surface area (Å²) < 4.78 is 31.5. The first-order chi connectivity index (χ1) is 22.3. The zero-order chi connectivity index (χ0) is 31.9. The highest BCUT2D eigenvalue weighted by Crippen LogP contribution is 2.36. The number of thiazole rings is 1. The zero-order valence-electron chi connectivity index (χ0n) is 24.7. The number of anilines is 1. The average Bonchev–Trinajstić information content (AvgIpc) is 3.72. The monoisotopic (exact) mass is 674 g/mol. The topological polar surface area (TPSA) is 140 Å². The first-order valence-corrected chi connectivity index (χ1v) is 17.7. The van der Waals surface area contributed by atoms with Gasteiger partial charge in [0.05, 0.1) is 22.0 Å². The van der Waals surface area contributed by atoms with Crippen molar-refractivity contribution in [3.8, 4) is 5.75 Å². The molecule has 0 unspecified atom stereocenters. The number of aryl methyl sites for hydroxylation is 1. The van der Waals surface area contributed by atoms with E-state index in [1.165, 1.54) is 37.1 Å². The maximum Gasteiger partial charge on any atom is 0.255 e. The lowest BCUT2D eigenvalue weighted by Gasteiger charge is -2.22. The van der Waals surface area contributed by atoms with Crippen molar-refractivity contribution in [2.75, 3.05) is 11.1 Å². The summed E-state index contributed by atoms with van der Waals surface area (Å²) in [6.07, 6.45) is 8.49. The van der Waals surface area contributed by atoms with Crippen LogP contribution in [0.15, 0.2) is 77.0 Å². The summed E-state index contributed by atoms with van der Waals surface area (Å²) in [6.45, 7) is 0.0635. The molecule has 5 aromatic rings. The standard InChI is InChI=1S/C33H31ClN6O4S2/c34-26-11-13-27(14-12-26)46(42,43)17-3-5-23-9-15-30(44-20-31-37-39-40-38-31)28(19-23)36-33(41)25-8-1-4-22(18-25)10-16-32-35-29(21-45-32)24-6-2-7-24/h1,4,8-16,18-19,21,24H,2-3,5-7,17,20H2,(H,36,41)(H,37,38,39,40). The maximum atomic E-state index is 13.5. The minimum atomic E-state index is -3.47. The lowest BCUT2D eigenvalue weighted by Crippen LogP contribution is -2.14. The molecule has 1 amide bonds. The van der Waals surface area contributed by atoms with Gasteiger partial charge in [0.2, 0.25) is 0 Å². The minimum Gasteiger partial charge on any atom is -0.483 e. The van der Waals surface area contributed by atoms with Gasteiger partial charge in [-0.15, -0.1) is 16.4 Å². The number of aromatic amines is 1. The predicted octanol–water partition coefficient (Wildman–Crippen LogP) is 6.99. The SMILES string of the molecule is O=C(Nc1cc(CCCS(=O)(=O)c2ccc(Cl)cc2)ccc1OCc1nnn[nH]1)c1cccc(C=Cc2nc(C3CCC3)cs2)c1. The largest absolute Gasteiger partial charge is 0.483 e. The van der Waals surface area contributed by atoms with Crippen LogP contribution in [0, 0.1) is 0 Å². The number of benzene rings is 3. The van der Waals surface area contributed by atoms with Crippen LogP contribution in [-0.2, 0) is 22.9 Å². The molecule has 6 rings (SSSR count). The number of halogens is 1. The van der Waals surface area contributed by atoms with Gasteiger partial charge in [-0.1, -0.05) is 42.3 Å². The summed E-state index contributed by atoms with van der Waals surface area (Å²) in [6, 6.07) is 18.9. The Kier molecular flexibility index (Phi) is 9.86. The van der Waals surface area contributed by atoms with Crippen LogP contribution in [0.2, 0.25) is 5.02 Å². The van der Waals surface area contributed by atoms with Gasteiger partial charge in [0, 0.05) is 21.9 Å². The molecule has 0 spiro atoms. The number of H-pyrrole nitrogens is 1. The van der Waals surface area contributed by atoms with Crippen molar-refractivity contribution < 1.29 is 17.9 Å². The van der Waals surface area contributed by atoms with Gasteiger partial charge in [0.15, 0.2) is 15.7 Å². The first-order valence-electron chi connectivity index (χ1n) is 14.8. The normalized spacial score (nSPS) is 13.5. The van der Waals surface area contributed by atoms with E-state index in [0.717, 1.165) is 16.1 Å². The Balaban J connectivity index is 1.15. The van der Waals surface area contributed by atoms with Gasteiger partial charge in [0.25, 0.3) is 5.91 Å². The quantitative estimate of drug-likeness (QED) is 0.136. The van der Waals surface area contributed by atoms with Gasteiger partial charge in [-0.25, -0.2) is 18.5 Å². The highest BCUT2D eigenvalue weighted by molar-refractivity contribution is 7.91. The number of ether oxygens (including phenoxy) is 1. The summed E-state index contributed by atoms with van der Waals surface area (Å²) >= 11 is 7.54. The van der Waals surface area contributed by atoms with Crippen LogP contribution in [0.5, 0.6) is 5.75 Å². The number of aromatic nitrogens is 5. The van der Waals surface area contributed by atoms with Gasteiger partial charge in [-0.3, -0.25) is 4.79 Å². The number of carbonyl (C=O) groups is 1. The van der Waals surface area contributed by atoms with Gasteiger partial charge in [0.1, 0.15) is 17.4 Å². The van der Waals surface area contributed by atoms with Crippen LogP contribution in [0.3, 0.4) is 0 Å². The van der Waals surface area contributed by atoms with Crippen molar-refractivity contribution in [1.29, 1.82) is 0 Å². The van der Waals surface area contributed by atoms with Crippen molar-refractivity contribution in [3.05, 3.63) is 110 Å². The highest BCUT2D eigenvalue weighted by atomic mass is 35.5. The summed E-state index contributed by atoms with van der Waals surface area (Å²) in [7, 11) is -3.47. The third-order valence-electron chi connectivity index (χ3n) is 7.73. The molecule has 1 fully saturated rings. The fraction of sp³-hybridized carbons (Fsp3) is 0.242. The number of amides is 1. The van der Waals surface area contributed by atoms with Crippen LogP contribution in [0.4, 0.5) is 5.69 Å². The summed E-state index contributed by atoms with van der Waals surface area (Å²) in [5, 5.41) is 20.1.